The minimum absolute atomic E-state index is 0.0980. The zero-order valence-electron chi connectivity index (χ0n) is 9.75. The topological polar surface area (TPSA) is 43.2 Å². The molecule has 0 amide bonds. The molecule has 2 rings (SSSR count). The minimum Gasteiger partial charge on any atom is -0.353 e. The largest absolute Gasteiger partial charge is 0.353 e. The summed E-state index contributed by atoms with van der Waals surface area (Å²) < 4.78 is 0. The smallest absolute Gasteiger partial charge is 0.150 e. The van der Waals surface area contributed by atoms with Crippen LogP contribution in [0.5, 0.6) is 0 Å². The van der Waals surface area contributed by atoms with Crippen molar-refractivity contribution < 1.29 is 0 Å². The Morgan fingerprint density at radius 3 is 2.28 bits per heavy atom. The van der Waals surface area contributed by atoms with E-state index in [0.717, 1.165) is 26.2 Å². The Bertz CT molecular complexity index is 504. The number of hydrogen-bond donors (Lipinski definition) is 0. The van der Waals surface area contributed by atoms with E-state index in [4.69, 9.17) is 40.1 Å². The maximum absolute atomic E-state index is 8.92. The molecular formula is C11H11Cl3N4. The number of nitriles is 1. The van der Waals surface area contributed by atoms with Crippen molar-refractivity contribution in [3.8, 4) is 6.07 Å². The second-order valence-electron chi connectivity index (χ2n) is 4.13. The van der Waals surface area contributed by atoms with Crippen LogP contribution in [-0.4, -0.2) is 43.1 Å². The molecule has 1 aliphatic heterocycles. The van der Waals surface area contributed by atoms with Gasteiger partial charge in [-0.05, 0) is 7.05 Å². The third kappa shape index (κ3) is 2.50. The highest BCUT2D eigenvalue weighted by Gasteiger charge is 2.22. The Morgan fingerprint density at radius 1 is 1.11 bits per heavy atom. The van der Waals surface area contributed by atoms with Crippen molar-refractivity contribution >= 4 is 40.6 Å². The molecule has 1 aromatic heterocycles. The number of halogens is 3. The summed E-state index contributed by atoms with van der Waals surface area (Å²) in [4.78, 5) is 8.44. The quantitative estimate of drug-likeness (QED) is 0.748. The van der Waals surface area contributed by atoms with Gasteiger partial charge in [-0.1, -0.05) is 34.8 Å². The van der Waals surface area contributed by atoms with E-state index in [1.165, 1.54) is 0 Å². The molecule has 1 saturated heterocycles. The van der Waals surface area contributed by atoms with Gasteiger partial charge in [0.15, 0.2) is 11.0 Å². The molecule has 1 aliphatic rings. The van der Waals surface area contributed by atoms with Crippen LogP contribution in [0.2, 0.25) is 15.2 Å². The number of nitrogens with zero attached hydrogens (tertiary/aromatic N) is 4. The van der Waals surface area contributed by atoms with Gasteiger partial charge >= 0.3 is 0 Å². The van der Waals surface area contributed by atoms with Gasteiger partial charge < -0.3 is 9.80 Å². The Balaban J connectivity index is 2.38. The summed E-state index contributed by atoms with van der Waals surface area (Å²) in [5.74, 6) is 0.554. The fourth-order valence-corrected chi connectivity index (χ4v) is 2.56. The Morgan fingerprint density at radius 2 is 1.72 bits per heavy atom. The average molecular weight is 306 g/mol. The standard InChI is InChI=1S/C11H11Cl3N4/c1-17-2-4-18(5-3-17)11-9(13)8(12)7(6-15)10(14)16-11/h2-5H2,1H3. The van der Waals surface area contributed by atoms with Crippen LogP contribution in [0.1, 0.15) is 5.56 Å². The molecule has 7 heteroatoms. The first-order valence-electron chi connectivity index (χ1n) is 5.42. The van der Waals surface area contributed by atoms with Crippen LogP contribution in [0.25, 0.3) is 0 Å². The van der Waals surface area contributed by atoms with Gasteiger partial charge in [-0.3, -0.25) is 0 Å². The molecule has 2 heterocycles. The summed E-state index contributed by atoms with van der Waals surface area (Å²) in [6, 6.07) is 1.90. The summed E-state index contributed by atoms with van der Waals surface area (Å²) >= 11 is 18.1. The van der Waals surface area contributed by atoms with E-state index in [1.807, 2.05) is 11.0 Å². The SMILES string of the molecule is CN1CCN(c2nc(Cl)c(C#N)c(Cl)c2Cl)CC1. The number of rotatable bonds is 1. The van der Waals surface area contributed by atoms with Gasteiger partial charge in [-0.15, -0.1) is 0 Å². The molecule has 0 unspecified atom stereocenters. The molecule has 0 N–H and O–H groups in total. The van der Waals surface area contributed by atoms with Gasteiger partial charge in [-0.25, -0.2) is 4.98 Å². The van der Waals surface area contributed by atoms with Gasteiger partial charge in [-0.2, -0.15) is 5.26 Å². The molecule has 0 aliphatic carbocycles. The predicted octanol–water partition coefficient (Wildman–Crippen LogP) is 2.67. The van der Waals surface area contributed by atoms with E-state index in [9.17, 15) is 0 Å². The highest BCUT2D eigenvalue weighted by molar-refractivity contribution is 6.45. The second kappa shape index (κ2) is 5.50. The van der Waals surface area contributed by atoms with Crippen molar-refractivity contribution in [2.75, 3.05) is 38.1 Å². The normalized spacial score (nSPS) is 16.7. The average Bonchev–Trinajstić information content (AvgIpc) is 2.36. The maximum Gasteiger partial charge on any atom is 0.150 e. The molecule has 1 fully saturated rings. The first kappa shape index (κ1) is 13.7. The summed E-state index contributed by atoms with van der Waals surface area (Å²) in [5.41, 5.74) is 0.126. The Kier molecular flexibility index (Phi) is 4.18. The molecule has 4 nitrogen and oxygen atoms in total. The first-order valence-corrected chi connectivity index (χ1v) is 6.56. The minimum atomic E-state index is 0.0980. The maximum atomic E-state index is 8.92. The van der Waals surface area contributed by atoms with Crippen molar-refractivity contribution in [3.05, 3.63) is 20.8 Å². The number of aromatic nitrogens is 1. The third-order valence-corrected chi connectivity index (χ3v) is 4.04. The zero-order valence-corrected chi connectivity index (χ0v) is 12.0. The molecule has 0 atom stereocenters. The van der Waals surface area contributed by atoms with Crippen molar-refractivity contribution in [3.63, 3.8) is 0 Å². The van der Waals surface area contributed by atoms with Crippen LogP contribution < -0.4 is 4.90 Å². The van der Waals surface area contributed by atoms with Crippen molar-refractivity contribution in [2.24, 2.45) is 0 Å². The van der Waals surface area contributed by atoms with Crippen LogP contribution in [0.15, 0.2) is 0 Å². The van der Waals surface area contributed by atoms with Crippen LogP contribution >= 0.6 is 34.8 Å². The van der Waals surface area contributed by atoms with E-state index >= 15 is 0 Å². The van der Waals surface area contributed by atoms with E-state index in [-0.39, 0.29) is 15.7 Å². The zero-order chi connectivity index (χ0) is 13.3. The van der Waals surface area contributed by atoms with Crippen molar-refractivity contribution in [1.82, 2.24) is 9.88 Å². The molecule has 0 radical (unpaired) electrons. The van der Waals surface area contributed by atoms with E-state index in [1.54, 1.807) is 0 Å². The van der Waals surface area contributed by atoms with Gasteiger partial charge in [0.05, 0.1) is 5.02 Å². The Hall–Kier alpha value is -0.730. The fourth-order valence-electron chi connectivity index (χ4n) is 1.82. The number of likely N-dealkylation sites (N-methyl/N-ethyl adjacent to an activating group) is 1. The van der Waals surface area contributed by atoms with Gasteiger partial charge in [0.25, 0.3) is 0 Å². The predicted molar refractivity (Wildman–Crippen MR) is 73.7 cm³/mol. The number of hydrogen-bond acceptors (Lipinski definition) is 4. The second-order valence-corrected chi connectivity index (χ2v) is 5.25. The summed E-state index contributed by atoms with van der Waals surface area (Å²) in [6.45, 7) is 3.46. The van der Waals surface area contributed by atoms with Gasteiger partial charge in [0, 0.05) is 26.2 Å². The molecule has 0 aromatic carbocycles. The van der Waals surface area contributed by atoms with Crippen LogP contribution in [0.4, 0.5) is 5.82 Å². The lowest BCUT2D eigenvalue weighted by molar-refractivity contribution is 0.312. The fraction of sp³-hybridized carbons (Fsp3) is 0.455. The van der Waals surface area contributed by atoms with E-state index in [0.29, 0.717) is 10.8 Å². The molecule has 18 heavy (non-hydrogen) atoms. The number of pyridine rings is 1. The highest BCUT2D eigenvalue weighted by atomic mass is 35.5. The summed E-state index contributed by atoms with van der Waals surface area (Å²) in [7, 11) is 2.06. The van der Waals surface area contributed by atoms with Crippen LogP contribution in [-0.2, 0) is 0 Å². The monoisotopic (exact) mass is 304 g/mol. The third-order valence-electron chi connectivity index (χ3n) is 2.93. The van der Waals surface area contributed by atoms with Gasteiger partial charge in [0.1, 0.15) is 16.7 Å². The lowest BCUT2D eigenvalue weighted by Crippen LogP contribution is -2.45. The lowest BCUT2D eigenvalue weighted by Gasteiger charge is -2.33. The van der Waals surface area contributed by atoms with Crippen molar-refractivity contribution in [2.45, 2.75) is 0 Å². The molecular weight excluding hydrogens is 295 g/mol. The van der Waals surface area contributed by atoms with E-state index in [2.05, 4.69) is 16.9 Å². The van der Waals surface area contributed by atoms with Gasteiger partial charge in [0.2, 0.25) is 0 Å². The molecule has 1 aromatic rings. The summed E-state index contributed by atoms with van der Waals surface area (Å²) in [6.07, 6.45) is 0. The lowest BCUT2D eigenvalue weighted by atomic mass is 10.2. The Labute approximate surface area is 121 Å². The molecule has 0 spiro atoms. The molecule has 0 saturated carbocycles. The molecule has 96 valence electrons. The summed E-state index contributed by atoms with van der Waals surface area (Å²) in [5, 5.41) is 9.49. The van der Waals surface area contributed by atoms with Crippen LogP contribution in [0, 0.1) is 11.3 Å². The number of anilines is 1. The van der Waals surface area contributed by atoms with E-state index < -0.39 is 0 Å². The molecule has 0 bridgehead atoms. The van der Waals surface area contributed by atoms with Crippen molar-refractivity contribution in [1.29, 1.82) is 5.26 Å². The first-order chi connectivity index (χ1) is 8.54. The highest BCUT2D eigenvalue weighted by Crippen LogP contribution is 2.36. The number of piperazine rings is 1. The van der Waals surface area contributed by atoms with Crippen LogP contribution in [0.3, 0.4) is 0 Å².